The van der Waals surface area contributed by atoms with Crippen molar-refractivity contribution in [3.05, 3.63) is 60.2 Å². The molecule has 0 saturated heterocycles. The smallest absolute Gasteiger partial charge is 0.387 e. The number of rotatable bonds is 8. The standard InChI is InChI=1S/C19H19F2NO4/c1-2-14(13-8-4-3-5-9-13)18(24)25-12-17(23)22-15-10-6-7-11-16(15)26-19(20)21/h3-11,14,19H,2,12H2,1H3,(H,22,23)/t14-/m0/s1. The first kappa shape index (κ1) is 19.4. The van der Waals surface area contributed by atoms with Crippen molar-refractivity contribution in [2.45, 2.75) is 25.9 Å². The highest BCUT2D eigenvalue weighted by Crippen LogP contribution is 2.25. The summed E-state index contributed by atoms with van der Waals surface area (Å²) in [5.74, 6) is -1.81. The molecule has 0 bridgehead atoms. The van der Waals surface area contributed by atoms with Gasteiger partial charge in [0.25, 0.3) is 5.91 Å². The Kier molecular flexibility index (Phi) is 7.08. The van der Waals surface area contributed by atoms with Gasteiger partial charge in [0.1, 0.15) is 5.75 Å². The number of ether oxygens (including phenoxy) is 2. The fourth-order valence-corrected chi connectivity index (χ4v) is 2.42. The highest BCUT2D eigenvalue weighted by molar-refractivity contribution is 5.94. The maximum atomic E-state index is 12.4. The van der Waals surface area contributed by atoms with Gasteiger partial charge in [-0.3, -0.25) is 9.59 Å². The number of hydrogen-bond acceptors (Lipinski definition) is 4. The van der Waals surface area contributed by atoms with Crippen LogP contribution in [0.1, 0.15) is 24.8 Å². The summed E-state index contributed by atoms with van der Waals surface area (Å²) in [6.45, 7) is -1.69. The predicted molar refractivity (Wildman–Crippen MR) is 92.1 cm³/mol. The normalized spacial score (nSPS) is 11.7. The van der Waals surface area contributed by atoms with E-state index in [0.29, 0.717) is 6.42 Å². The van der Waals surface area contributed by atoms with E-state index in [4.69, 9.17) is 4.74 Å². The summed E-state index contributed by atoms with van der Waals surface area (Å²) < 4.78 is 34.1. The Balaban J connectivity index is 1.93. The Morgan fingerprint density at radius 3 is 2.35 bits per heavy atom. The molecule has 5 nitrogen and oxygen atoms in total. The van der Waals surface area contributed by atoms with Gasteiger partial charge in [0.15, 0.2) is 6.61 Å². The van der Waals surface area contributed by atoms with Crippen LogP contribution >= 0.6 is 0 Å². The summed E-state index contributed by atoms with van der Waals surface area (Å²) in [5, 5.41) is 2.39. The lowest BCUT2D eigenvalue weighted by molar-refractivity contribution is -0.149. The average molecular weight is 363 g/mol. The Morgan fingerprint density at radius 2 is 1.69 bits per heavy atom. The number of anilines is 1. The van der Waals surface area contributed by atoms with E-state index in [1.165, 1.54) is 18.2 Å². The second kappa shape index (κ2) is 9.50. The lowest BCUT2D eigenvalue weighted by atomic mass is 9.97. The Hall–Kier alpha value is -2.96. The van der Waals surface area contributed by atoms with Gasteiger partial charge in [-0.2, -0.15) is 8.78 Å². The van der Waals surface area contributed by atoms with Gasteiger partial charge in [-0.25, -0.2) is 0 Å². The third-order valence-electron chi connectivity index (χ3n) is 3.62. The molecule has 0 aliphatic heterocycles. The highest BCUT2D eigenvalue weighted by Gasteiger charge is 2.21. The van der Waals surface area contributed by atoms with Gasteiger partial charge in [0.2, 0.25) is 0 Å². The van der Waals surface area contributed by atoms with E-state index in [1.807, 2.05) is 37.3 Å². The topological polar surface area (TPSA) is 64.6 Å². The average Bonchev–Trinajstić information content (AvgIpc) is 2.63. The monoisotopic (exact) mass is 363 g/mol. The van der Waals surface area contributed by atoms with Crippen LogP contribution in [-0.4, -0.2) is 25.1 Å². The quantitative estimate of drug-likeness (QED) is 0.721. The van der Waals surface area contributed by atoms with E-state index < -0.39 is 31.0 Å². The third-order valence-corrected chi connectivity index (χ3v) is 3.62. The number of alkyl halides is 2. The summed E-state index contributed by atoms with van der Waals surface area (Å²) in [6.07, 6.45) is 0.523. The molecule has 26 heavy (non-hydrogen) atoms. The molecule has 0 unspecified atom stereocenters. The number of halogens is 2. The lowest BCUT2D eigenvalue weighted by Crippen LogP contribution is -2.24. The fourth-order valence-electron chi connectivity index (χ4n) is 2.42. The molecule has 138 valence electrons. The summed E-state index contributed by atoms with van der Waals surface area (Å²) in [6, 6.07) is 14.9. The molecular formula is C19H19F2NO4. The van der Waals surface area contributed by atoms with Crippen LogP contribution in [0.15, 0.2) is 54.6 Å². The highest BCUT2D eigenvalue weighted by atomic mass is 19.3. The summed E-state index contributed by atoms with van der Waals surface area (Å²) >= 11 is 0. The number of carbonyl (C=O) groups excluding carboxylic acids is 2. The van der Waals surface area contributed by atoms with Crippen molar-refractivity contribution < 1.29 is 27.8 Å². The molecular weight excluding hydrogens is 344 g/mol. The summed E-state index contributed by atoms with van der Waals surface area (Å²) in [4.78, 5) is 24.2. The van der Waals surface area contributed by atoms with Gasteiger partial charge in [-0.05, 0) is 24.1 Å². The van der Waals surface area contributed by atoms with Gasteiger partial charge in [0.05, 0.1) is 11.6 Å². The molecule has 0 aromatic heterocycles. The molecule has 0 aliphatic rings. The molecule has 0 heterocycles. The number of benzene rings is 2. The van der Waals surface area contributed by atoms with Crippen LogP contribution in [0.5, 0.6) is 5.75 Å². The maximum Gasteiger partial charge on any atom is 0.387 e. The first-order valence-corrected chi connectivity index (χ1v) is 8.06. The molecule has 2 aromatic rings. The molecule has 2 aromatic carbocycles. The minimum absolute atomic E-state index is 0.0731. The second-order valence-electron chi connectivity index (χ2n) is 5.40. The Labute approximate surface area is 149 Å². The second-order valence-corrected chi connectivity index (χ2v) is 5.40. The van der Waals surface area contributed by atoms with Crippen LogP contribution in [0.2, 0.25) is 0 Å². The van der Waals surface area contributed by atoms with E-state index >= 15 is 0 Å². The van der Waals surface area contributed by atoms with Crippen LogP contribution < -0.4 is 10.1 Å². The Morgan fingerprint density at radius 1 is 1.04 bits per heavy atom. The van der Waals surface area contributed by atoms with Crippen molar-refractivity contribution >= 4 is 17.6 Å². The predicted octanol–water partition coefficient (Wildman–Crippen LogP) is 3.96. The van der Waals surface area contributed by atoms with Gasteiger partial charge in [-0.1, -0.05) is 49.4 Å². The van der Waals surface area contributed by atoms with Crippen molar-refractivity contribution in [3.63, 3.8) is 0 Å². The van der Waals surface area contributed by atoms with Gasteiger partial charge in [-0.15, -0.1) is 0 Å². The molecule has 0 radical (unpaired) electrons. The molecule has 0 fully saturated rings. The van der Waals surface area contributed by atoms with E-state index in [1.54, 1.807) is 6.07 Å². The Bertz CT molecular complexity index is 737. The van der Waals surface area contributed by atoms with Crippen molar-refractivity contribution in [1.29, 1.82) is 0 Å². The van der Waals surface area contributed by atoms with Crippen LogP contribution in [0.25, 0.3) is 0 Å². The van der Waals surface area contributed by atoms with Crippen LogP contribution in [0, 0.1) is 0 Å². The van der Waals surface area contributed by atoms with Crippen LogP contribution in [-0.2, 0) is 14.3 Å². The number of carbonyl (C=O) groups is 2. The lowest BCUT2D eigenvalue weighted by Gasteiger charge is -2.15. The van der Waals surface area contributed by atoms with Gasteiger partial charge in [0, 0.05) is 0 Å². The minimum Gasteiger partial charge on any atom is -0.455 e. The van der Waals surface area contributed by atoms with Gasteiger partial charge < -0.3 is 14.8 Å². The summed E-state index contributed by atoms with van der Waals surface area (Å²) in [5.41, 5.74) is 0.875. The van der Waals surface area contributed by atoms with Crippen molar-refractivity contribution in [1.82, 2.24) is 0 Å². The zero-order chi connectivity index (χ0) is 18.9. The SMILES string of the molecule is CC[C@H](C(=O)OCC(=O)Nc1ccccc1OC(F)F)c1ccccc1. The number of amides is 1. The molecule has 0 spiro atoms. The number of nitrogens with one attached hydrogen (secondary N) is 1. The molecule has 1 N–H and O–H groups in total. The number of para-hydroxylation sites is 2. The van der Waals surface area contributed by atoms with Crippen molar-refractivity contribution in [2.24, 2.45) is 0 Å². The largest absolute Gasteiger partial charge is 0.455 e. The summed E-state index contributed by atoms with van der Waals surface area (Å²) in [7, 11) is 0. The van der Waals surface area contributed by atoms with E-state index in [2.05, 4.69) is 10.1 Å². The first-order chi connectivity index (χ1) is 12.5. The molecule has 1 atom stereocenters. The molecule has 0 aliphatic carbocycles. The number of hydrogen-bond donors (Lipinski definition) is 1. The van der Waals surface area contributed by atoms with Gasteiger partial charge >= 0.3 is 12.6 Å². The van der Waals surface area contributed by atoms with Crippen molar-refractivity contribution in [3.8, 4) is 5.75 Å². The molecule has 1 amide bonds. The van der Waals surface area contributed by atoms with Crippen molar-refractivity contribution in [2.75, 3.05) is 11.9 Å². The van der Waals surface area contributed by atoms with E-state index in [-0.39, 0.29) is 11.4 Å². The molecule has 0 saturated carbocycles. The maximum absolute atomic E-state index is 12.4. The van der Waals surface area contributed by atoms with E-state index in [0.717, 1.165) is 5.56 Å². The zero-order valence-electron chi connectivity index (χ0n) is 14.2. The fraction of sp³-hybridized carbons (Fsp3) is 0.263. The first-order valence-electron chi connectivity index (χ1n) is 8.06. The third kappa shape index (κ3) is 5.54. The number of esters is 1. The van der Waals surface area contributed by atoms with Crippen LogP contribution in [0.4, 0.5) is 14.5 Å². The zero-order valence-corrected chi connectivity index (χ0v) is 14.2. The van der Waals surface area contributed by atoms with E-state index in [9.17, 15) is 18.4 Å². The molecule has 7 heteroatoms. The minimum atomic E-state index is -3.01. The van der Waals surface area contributed by atoms with Crippen LogP contribution in [0.3, 0.4) is 0 Å². The molecule has 2 rings (SSSR count).